The van der Waals surface area contributed by atoms with Crippen molar-refractivity contribution in [1.29, 1.82) is 0 Å². The molecule has 1 aromatic carbocycles. The predicted molar refractivity (Wildman–Crippen MR) is 84.0 cm³/mol. The van der Waals surface area contributed by atoms with Crippen molar-refractivity contribution >= 4 is 17.5 Å². The molecule has 0 saturated heterocycles. The van der Waals surface area contributed by atoms with Crippen molar-refractivity contribution in [3.05, 3.63) is 64.9 Å². The Bertz CT molecular complexity index is 833. The molecule has 0 fully saturated rings. The van der Waals surface area contributed by atoms with Crippen molar-refractivity contribution in [2.24, 2.45) is 0 Å². The second kappa shape index (κ2) is 6.10. The number of nitrogens with one attached hydrogen (secondary N) is 1. The first kappa shape index (κ1) is 14.4. The van der Waals surface area contributed by atoms with Crippen LogP contribution in [0.4, 0.5) is 17.5 Å². The molecule has 0 saturated carbocycles. The van der Waals surface area contributed by atoms with Gasteiger partial charge in [-0.2, -0.15) is 4.98 Å². The molecule has 3 N–H and O–H groups in total. The molecule has 0 aliphatic carbocycles. The molecule has 0 atom stereocenters. The van der Waals surface area contributed by atoms with E-state index in [4.69, 9.17) is 5.73 Å². The van der Waals surface area contributed by atoms with Crippen molar-refractivity contribution in [1.82, 2.24) is 19.5 Å². The first-order valence-corrected chi connectivity index (χ1v) is 6.72. The third-order valence-corrected chi connectivity index (χ3v) is 3.21. The van der Waals surface area contributed by atoms with E-state index in [0.717, 1.165) is 17.4 Å². The fourth-order valence-electron chi connectivity index (χ4n) is 2.10. The molecule has 23 heavy (non-hydrogen) atoms. The van der Waals surface area contributed by atoms with Crippen LogP contribution in [0.5, 0.6) is 0 Å². The number of rotatable bonds is 5. The lowest BCUT2D eigenvalue weighted by molar-refractivity contribution is -0.384. The normalized spacial score (nSPS) is 10.4. The van der Waals surface area contributed by atoms with E-state index >= 15 is 0 Å². The average Bonchev–Trinajstić information content (AvgIpc) is 3.07. The van der Waals surface area contributed by atoms with Crippen LogP contribution in [-0.4, -0.2) is 24.4 Å². The van der Waals surface area contributed by atoms with E-state index in [2.05, 4.69) is 20.3 Å². The van der Waals surface area contributed by atoms with Gasteiger partial charge in [0.2, 0.25) is 11.8 Å². The Hall–Kier alpha value is -3.49. The number of nitrogens with two attached hydrogens (primary N) is 1. The third-order valence-electron chi connectivity index (χ3n) is 3.21. The van der Waals surface area contributed by atoms with Gasteiger partial charge < -0.3 is 15.6 Å². The summed E-state index contributed by atoms with van der Waals surface area (Å²) in [7, 11) is 0. The number of nitro groups is 1. The highest BCUT2D eigenvalue weighted by atomic mass is 16.6. The van der Waals surface area contributed by atoms with E-state index in [9.17, 15) is 10.1 Å². The van der Waals surface area contributed by atoms with Gasteiger partial charge in [0.25, 0.3) is 0 Å². The van der Waals surface area contributed by atoms with Gasteiger partial charge in [-0.3, -0.25) is 10.1 Å². The number of nitrogens with zero attached hydrogens (tertiary/aromatic N) is 5. The largest absolute Gasteiger partial charge is 0.378 e. The summed E-state index contributed by atoms with van der Waals surface area (Å²) in [6, 6.07) is 7.77. The van der Waals surface area contributed by atoms with Crippen molar-refractivity contribution < 1.29 is 4.92 Å². The third kappa shape index (κ3) is 3.07. The van der Waals surface area contributed by atoms with Gasteiger partial charge in [0.15, 0.2) is 0 Å². The molecular formula is C14H13N7O2. The number of para-hydroxylation sites is 1. The van der Waals surface area contributed by atoms with Crippen molar-refractivity contribution in [2.75, 3.05) is 11.1 Å². The Balaban J connectivity index is 1.79. The quantitative estimate of drug-likeness (QED) is 0.543. The molecule has 0 radical (unpaired) electrons. The molecule has 0 aliphatic rings. The maximum Gasteiger partial charge on any atom is 0.329 e. The first-order valence-electron chi connectivity index (χ1n) is 6.72. The van der Waals surface area contributed by atoms with Gasteiger partial charge in [0.05, 0.1) is 16.9 Å². The first-order chi connectivity index (χ1) is 11.1. The number of hydrogen-bond donors (Lipinski definition) is 2. The molecule has 9 nitrogen and oxygen atoms in total. The lowest BCUT2D eigenvalue weighted by Gasteiger charge is -2.11. The lowest BCUT2D eigenvalue weighted by Crippen LogP contribution is -2.08. The Morgan fingerprint density at radius 2 is 2.17 bits per heavy atom. The lowest BCUT2D eigenvalue weighted by atomic mass is 10.1. The van der Waals surface area contributed by atoms with Crippen LogP contribution in [0.2, 0.25) is 0 Å². The molecule has 116 valence electrons. The standard InChI is InChI=1S/C14H13N7O2/c15-13-12(21(22)23)8-18-14(19-13)17-7-10-3-1-2-4-11(10)20-6-5-16-9-20/h1-6,8-9H,7H2,(H3,15,17,18,19). The number of anilines is 2. The molecule has 2 aromatic heterocycles. The molecule has 0 amide bonds. The Labute approximate surface area is 131 Å². The summed E-state index contributed by atoms with van der Waals surface area (Å²) in [4.78, 5) is 21.9. The van der Waals surface area contributed by atoms with Crippen molar-refractivity contribution in [3.8, 4) is 5.69 Å². The maximum absolute atomic E-state index is 10.7. The Kier molecular flexibility index (Phi) is 3.83. The summed E-state index contributed by atoms with van der Waals surface area (Å²) in [5.41, 5.74) is 7.20. The minimum Gasteiger partial charge on any atom is -0.378 e. The SMILES string of the molecule is Nc1nc(NCc2ccccc2-n2ccnc2)ncc1[N+](=O)[O-]. The van der Waals surface area contributed by atoms with Crippen LogP contribution in [0.3, 0.4) is 0 Å². The van der Waals surface area contributed by atoms with Gasteiger partial charge in [0.1, 0.15) is 6.20 Å². The highest BCUT2D eigenvalue weighted by Gasteiger charge is 2.14. The summed E-state index contributed by atoms with van der Waals surface area (Å²) < 4.78 is 1.89. The number of benzene rings is 1. The van der Waals surface area contributed by atoms with Crippen molar-refractivity contribution in [2.45, 2.75) is 6.54 Å². The predicted octanol–water partition coefficient (Wildman–Crippen LogP) is 1.76. The molecule has 0 bridgehead atoms. The molecule has 3 rings (SSSR count). The van der Waals surface area contributed by atoms with Gasteiger partial charge in [-0.05, 0) is 11.6 Å². The molecule has 3 aromatic rings. The Morgan fingerprint density at radius 3 is 2.87 bits per heavy atom. The smallest absolute Gasteiger partial charge is 0.329 e. The van der Waals surface area contributed by atoms with Crippen LogP contribution in [0, 0.1) is 10.1 Å². The number of hydrogen-bond acceptors (Lipinski definition) is 7. The van der Waals surface area contributed by atoms with Gasteiger partial charge in [-0.1, -0.05) is 18.2 Å². The summed E-state index contributed by atoms with van der Waals surface area (Å²) in [5.74, 6) is 0.0592. The summed E-state index contributed by atoms with van der Waals surface area (Å²) in [5, 5.41) is 13.7. The summed E-state index contributed by atoms with van der Waals surface area (Å²) >= 11 is 0. The van der Waals surface area contributed by atoms with E-state index in [0.29, 0.717) is 6.54 Å². The molecule has 9 heteroatoms. The maximum atomic E-state index is 10.7. The molecule has 0 spiro atoms. The number of aromatic nitrogens is 4. The van der Waals surface area contributed by atoms with Crippen molar-refractivity contribution in [3.63, 3.8) is 0 Å². The highest BCUT2D eigenvalue weighted by Crippen LogP contribution is 2.19. The van der Waals surface area contributed by atoms with Gasteiger partial charge in [0, 0.05) is 18.9 Å². The van der Waals surface area contributed by atoms with Gasteiger partial charge in [-0.15, -0.1) is 0 Å². The van der Waals surface area contributed by atoms with E-state index in [-0.39, 0.29) is 17.5 Å². The molecule has 2 heterocycles. The summed E-state index contributed by atoms with van der Waals surface area (Å²) in [6.07, 6.45) is 6.34. The van der Waals surface area contributed by atoms with Crippen LogP contribution >= 0.6 is 0 Å². The van der Waals surface area contributed by atoms with E-state index in [1.165, 1.54) is 0 Å². The number of nitrogen functional groups attached to an aromatic ring is 1. The van der Waals surface area contributed by atoms with Gasteiger partial charge in [-0.25, -0.2) is 9.97 Å². The van der Waals surface area contributed by atoms with Gasteiger partial charge >= 0.3 is 5.69 Å². The van der Waals surface area contributed by atoms with E-state index in [1.807, 2.05) is 35.0 Å². The minimum absolute atomic E-state index is 0.171. The summed E-state index contributed by atoms with van der Waals surface area (Å²) in [6.45, 7) is 0.436. The zero-order valence-corrected chi connectivity index (χ0v) is 12.0. The topological polar surface area (TPSA) is 125 Å². The zero-order valence-electron chi connectivity index (χ0n) is 12.0. The van der Waals surface area contributed by atoms with E-state index < -0.39 is 4.92 Å². The van der Waals surface area contributed by atoms with Crippen LogP contribution < -0.4 is 11.1 Å². The second-order valence-corrected chi connectivity index (χ2v) is 4.67. The molecule has 0 aliphatic heterocycles. The van der Waals surface area contributed by atoms with Crippen LogP contribution in [0.25, 0.3) is 5.69 Å². The fourth-order valence-corrected chi connectivity index (χ4v) is 2.10. The minimum atomic E-state index is -0.618. The zero-order chi connectivity index (χ0) is 16.2. The van der Waals surface area contributed by atoms with Crippen LogP contribution in [0.1, 0.15) is 5.56 Å². The average molecular weight is 311 g/mol. The van der Waals surface area contributed by atoms with E-state index in [1.54, 1.807) is 12.5 Å². The van der Waals surface area contributed by atoms with Crippen LogP contribution in [0.15, 0.2) is 49.2 Å². The number of imidazole rings is 1. The van der Waals surface area contributed by atoms with Crippen LogP contribution in [-0.2, 0) is 6.54 Å². The fraction of sp³-hybridized carbons (Fsp3) is 0.0714. The molecule has 0 unspecified atom stereocenters. The Morgan fingerprint density at radius 1 is 1.35 bits per heavy atom. The second-order valence-electron chi connectivity index (χ2n) is 4.67. The highest BCUT2D eigenvalue weighted by molar-refractivity contribution is 5.53. The molecular weight excluding hydrogens is 298 g/mol. The monoisotopic (exact) mass is 311 g/mol.